The van der Waals surface area contributed by atoms with Crippen molar-refractivity contribution in [1.82, 2.24) is 0 Å². The zero-order chi connectivity index (χ0) is 15.0. The van der Waals surface area contributed by atoms with Crippen molar-refractivity contribution in [3.63, 3.8) is 0 Å². The normalized spacial score (nSPS) is 20.0. The lowest BCUT2D eigenvalue weighted by Gasteiger charge is -2.44. The third-order valence-corrected chi connectivity index (χ3v) is 5.72. The van der Waals surface area contributed by atoms with E-state index in [0.717, 1.165) is 12.4 Å². The summed E-state index contributed by atoms with van der Waals surface area (Å²) in [7, 11) is 0. The van der Waals surface area contributed by atoms with Crippen LogP contribution in [0.3, 0.4) is 0 Å². The van der Waals surface area contributed by atoms with E-state index in [1.807, 2.05) is 0 Å². The number of benzene rings is 1. The SMILES string of the molecule is CCOc1c(C)c(C)c2c(c1C)CCC1(CCCCC1)N2. The molecule has 2 heteroatoms. The number of rotatable bonds is 2. The maximum Gasteiger partial charge on any atom is 0.125 e. The van der Waals surface area contributed by atoms with Crippen molar-refractivity contribution in [2.45, 2.75) is 78.2 Å². The van der Waals surface area contributed by atoms with Gasteiger partial charge in [-0.3, -0.25) is 0 Å². The first-order valence-corrected chi connectivity index (χ1v) is 8.61. The molecule has 1 aliphatic carbocycles. The van der Waals surface area contributed by atoms with E-state index in [2.05, 4.69) is 33.0 Å². The van der Waals surface area contributed by atoms with Gasteiger partial charge in [-0.1, -0.05) is 19.3 Å². The molecule has 1 N–H and O–H groups in total. The van der Waals surface area contributed by atoms with Crippen LogP contribution in [0.15, 0.2) is 0 Å². The standard InChI is InChI=1S/C19H29NO/c1-5-21-18-14(3)13(2)17-16(15(18)4)9-12-19(20-17)10-7-6-8-11-19/h20H,5-12H2,1-4H3. The summed E-state index contributed by atoms with van der Waals surface area (Å²) in [6, 6.07) is 0. The molecule has 1 aromatic rings. The van der Waals surface area contributed by atoms with Crippen LogP contribution in [0.4, 0.5) is 5.69 Å². The lowest BCUT2D eigenvalue weighted by molar-refractivity contribution is 0.296. The molecule has 1 fully saturated rings. The van der Waals surface area contributed by atoms with Gasteiger partial charge in [0.2, 0.25) is 0 Å². The molecule has 1 aliphatic heterocycles. The second kappa shape index (κ2) is 5.55. The van der Waals surface area contributed by atoms with E-state index in [4.69, 9.17) is 4.74 Å². The molecule has 3 rings (SSSR count). The summed E-state index contributed by atoms with van der Waals surface area (Å²) in [6.45, 7) is 9.51. The van der Waals surface area contributed by atoms with Gasteiger partial charge < -0.3 is 10.1 Å². The fourth-order valence-corrected chi connectivity index (χ4v) is 4.33. The third-order valence-electron chi connectivity index (χ3n) is 5.72. The quantitative estimate of drug-likeness (QED) is 0.819. The Morgan fingerprint density at radius 3 is 2.33 bits per heavy atom. The second-order valence-corrected chi connectivity index (χ2v) is 6.96. The zero-order valence-corrected chi connectivity index (χ0v) is 14.1. The number of hydrogen-bond acceptors (Lipinski definition) is 2. The first-order chi connectivity index (χ1) is 10.1. The van der Waals surface area contributed by atoms with Crippen molar-refractivity contribution >= 4 is 5.69 Å². The highest BCUT2D eigenvalue weighted by atomic mass is 16.5. The monoisotopic (exact) mass is 287 g/mol. The average molecular weight is 287 g/mol. The van der Waals surface area contributed by atoms with E-state index in [1.54, 1.807) is 0 Å². The van der Waals surface area contributed by atoms with E-state index >= 15 is 0 Å². The lowest BCUT2D eigenvalue weighted by atomic mass is 9.74. The topological polar surface area (TPSA) is 21.3 Å². The maximum absolute atomic E-state index is 5.92. The Morgan fingerprint density at radius 2 is 1.67 bits per heavy atom. The van der Waals surface area contributed by atoms with Crippen LogP contribution in [0.1, 0.15) is 67.7 Å². The first-order valence-electron chi connectivity index (χ1n) is 8.61. The van der Waals surface area contributed by atoms with Gasteiger partial charge in [-0.05, 0) is 75.6 Å². The molecule has 0 atom stereocenters. The molecular weight excluding hydrogens is 258 g/mol. The molecule has 116 valence electrons. The minimum atomic E-state index is 0.377. The molecule has 21 heavy (non-hydrogen) atoms. The van der Waals surface area contributed by atoms with Gasteiger partial charge in [0.1, 0.15) is 5.75 Å². The Balaban J connectivity index is 2.02. The van der Waals surface area contributed by atoms with Crippen LogP contribution in [-0.2, 0) is 6.42 Å². The van der Waals surface area contributed by atoms with Crippen molar-refractivity contribution < 1.29 is 4.74 Å². The summed E-state index contributed by atoms with van der Waals surface area (Å²) >= 11 is 0. The van der Waals surface area contributed by atoms with Crippen LogP contribution in [0, 0.1) is 20.8 Å². The Bertz CT molecular complexity index is 541. The first kappa shape index (κ1) is 14.7. The largest absolute Gasteiger partial charge is 0.493 e. The van der Waals surface area contributed by atoms with Crippen molar-refractivity contribution in [2.24, 2.45) is 0 Å². The van der Waals surface area contributed by atoms with Gasteiger partial charge in [-0.25, -0.2) is 0 Å². The van der Waals surface area contributed by atoms with Crippen LogP contribution in [0.5, 0.6) is 5.75 Å². The van der Waals surface area contributed by atoms with Crippen LogP contribution >= 0.6 is 0 Å². The predicted octanol–water partition coefficient (Wildman–Crippen LogP) is 5.07. The van der Waals surface area contributed by atoms with Crippen LogP contribution in [0.2, 0.25) is 0 Å². The van der Waals surface area contributed by atoms with Crippen molar-refractivity contribution in [1.29, 1.82) is 0 Å². The molecule has 0 saturated heterocycles. The summed E-state index contributed by atoms with van der Waals surface area (Å²) in [5.41, 5.74) is 7.35. The molecule has 2 nitrogen and oxygen atoms in total. The number of fused-ring (bicyclic) bond motifs is 1. The van der Waals surface area contributed by atoms with Crippen molar-refractivity contribution in [3.05, 3.63) is 22.3 Å². The molecule has 0 radical (unpaired) electrons. The summed E-state index contributed by atoms with van der Waals surface area (Å²) in [6.07, 6.45) is 9.36. The van der Waals surface area contributed by atoms with Crippen LogP contribution < -0.4 is 10.1 Å². The van der Waals surface area contributed by atoms with Crippen molar-refractivity contribution in [2.75, 3.05) is 11.9 Å². The smallest absolute Gasteiger partial charge is 0.125 e. The van der Waals surface area contributed by atoms with Gasteiger partial charge in [-0.15, -0.1) is 0 Å². The van der Waals surface area contributed by atoms with E-state index in [0.29, 0.717) is 5.54 Å². The zero-order valence-electron chi connectivity index (χ0n) is 14.1. The van der Waals surface area contributed by atoms with Crippen LogP contribution in [0.25, 0.3) is 0 Å². The summed E-state index contributed by atoms with van der Waals surface area (Å²) in [5, 5.41) is 3.98. The summed E-state index contributed by atoms with van der Waals surface area (Å²) in [5.74, 6) is 1.12. The molecule has 1 spiro atoms. The summed E-state index contributed by atoms with van der Waals surface area (Å²) < 4.78 is 5.92. The molecule has 1 heterocycles. The fraction of sp³-hybridized carbons (Fsp3) is 0.684. The Morgan fingerprint density at radius 1 is 0.952 bits per heavy atom. The predicted molar refractivity (Wildman–Crippen MR) is 89.6 cm³/mol. The Kier molecular flexibility index (Phi) is 3.90. The molecule has 0 aromatic heterocycles. The third kappa shape index (κ3) is 2.43. The average Bonchev–Trinajstić information content (AvgIpc) is 2.50. The minimum absolute atomic E-state index is 0.377. The van der Waals surface area contributed by atoms with Crippen molar-refractivity contribution in [3.8, 4) is 5.75 Å². The van der Waals surface area contributed by atoms with E-state index in [-0.39, 0.29) is 0 Å². The second-order valence-electron chi connectivity index (χ2n) is 6.96. The van der Waals surface area contributed by atoms with E-state index in [1.165, 1.54) is 72.9 Å². The molecular formula is C19H29NO. The molecule has 0 amide bonds. The van der Waals surface area contributed by atoms with Gasteiger partial charge >= 0.3 is 0 Å². The molecule has 1 aromatic carbocycles. The van der Waals surface area contributed by atoms with Gasteiger partial charge in [0.15, 0.2) is 0 Å². The van der Waals surface area contributed by atoms with Gasteiger partial charge in [0, 0.05) is 11.2 Å². The highest BCUT2D eigenvalue weighted by Gasteiger charge is 2.36. The minimum Gasteiger partial charge on any atom is -0.493 e. The Labute approximate surface area is 129 Å². The molecule has 2 aliphatic rings. The highest BCUT2D eigenvalue weighted by molar-refractivity contribution is 5.69. The van der Waals surface area contributed by atoms with Gasteiger partial charge in [0.05, 0.1) is 6.61 Å². The molecule has 0 bridgehead atoms. The molecule has 1 saturated carbocycles. The van der Waals surface area contributed by atoms with E-state index in [9.17, 15) is 0 Å². The lowest BCUT2D eigenvalue weighted by Crippen LogP contribution is -2.44. The van der Waals surface area contributed by atoms with Crippen LogP contribution in [-0.4, -0.2) is 12.1 Å². The van der Waals surface area contributed by atoms with Gasteiger partial charge in [-0.2, -0.15) is 0 Å². The number of anilines is 1. The van der Waals surface area contributed by atoms with E-state index < -0.39 is 0 Å². The Hall–Kier alpha value is -1.18. The van der Waals surface area contributed by atoms with Gasteiger partial charge in [0.25, 0.3) is 0 Å². The highest BCUT2D eigenvalue weighted by Crippen LogP contribution is 2.45. The fourth-order valence-electron chi connectivity index (χ4n) is 4.33. The summed E-state index contributed by atoms with van der Waals surface area (Å²) in [4.78, 5) is 0. The number of nitrogens with one attached hydrogen (secondary N) is 1. The number of hydrogen-bond donors (Lipinski definition) is 1. The maximum atomic E-state index is 5.92. The number of ether oxygens (including phenoxy) is 1. The molecule has 0 unspecified atom stereocenters.